The molecule has 0 radical (unpaired) electrons. The van der Waals surface area contributed by atoms with Gasteiger partial charge in [-0.25, -0.2) is 9.79 Å². The molecule has 0 atom stereocenters. The number of anilines is 1. The van der Waals surface area contributed by atoms with Crippen LogP contribution in [0.5, 0.6) is 11.5 Å². The number of nitrogens with zero attached hydrogens (tertiary/aromatic N) is 5. The number of H-pyrrole nitrogens is 1. The summed E-state index contributed by atoms with van der Waals surface area (Å²) < 4.78 is 14.7. The van der Waals surface area contributed by atoms with Crippen LogP contribution in [0.2, 0.25) is 0 Å². The highest BCUT2D eigenvalue weighted by Crippen LogP contribution is 2.37. The van der Waals surface area contributed by atoms with Gasteiger partial charge in [-0.3, -0.25) is 13.9 Å². The lowest BCUT2D eigenvalue weighted by molar-refractivity contribution is 0.0947. The van der Waals surface area contributed by atoms with Crippen LogP contribution in [0.25, 0.3) is 11.3 Å². The summed E-state index contributed by atoms with van der Waals surface area (Å²) >= 11 is 0. The molecule has 0 saturated carbocycles. The molecule has 0 unspecified atom stereocenters. The molecular formula is C29H34N8O4. The fourth-order valence-electron chi connectivity index (χ4n) is 5.31. The molecule has 41 heavy (non-hydrogen) atoms. The first-order valence-corrected chi connectivity index (χ1v) is 13.5. The second kappa shape index (κ2) is 11.3. The van der Waals surface area contributed by atoms with Crippen LogP contribution in [0.1, 0.15) is 39.7 Å². The zero-order valence-corrected chi connectivity index (χ0v) is 23.9. The molecule has 0 spiro atoms. The number of nitrogens with two attached hydrogens (primary N) is 1. The van der Waals surface area contributed by atoms with E-state index < -0.39 is 5.91 Å². The molecule has 0 fully saturated rings. The third-order valence-corrected chi connectivity index (χ3v) is 7.14. The molecule has 12 nitrogen and oxygen atoms in total. The van der Waals surface area contributed by atoms with Gasteiger partial charge in [-0.1, -0.05) is 17.7 Å². The fraction of sp³-hybridized carbons (Fsp3) is 0.345. The number of carbonyl (C=O) groups excluding carboxylic acids is 1. The number of ether oxygens (including phenoxy) is 2. The molecule has 4 N–H and O–H groups in total. The van der Waals surface area contributed by atoms with Crippen LogP contribution in [-0.2, 0) is 19.5 Å². The monoisotopic (exact) mass is 558 g/mol. The van der Waals surface area contributed by atoms with Crippen molar-refractivity contribution in [3.05, 3.63) is 74.3 Å². The second-order valence-electron chi connectivity index (χ2n) is 9.99. The van der Waals surface area contributed by atoms with Gasteiger partial charge in [0.1, 0.15) is 5.49 Å². The van der Waals surface area contributed by atoms with Crippen molar-refractivity contribution in [2.45, 2.75) is 47.2 Å². The van der Waals surface area contributed by atoms with Crippen LogP contribution in [0.3, 0.4) is 0 Å². The number of aromatic amines is 1. The van der Waals surface area contributed by atoms with E-state index in [2.05, 4.69) is 32.9 Å². The van der Waals surface area contributed by atoms with Crippen molar-refractivity contribution in [1.29, 1.82) is 0 Å². The first-order valence-electron chi connectivity index (χ1n) is 13.5. The zero-order valence-electron chi connectivity index (χ0n) is 23.9. The number of benzene rings is 2. The van der Waals surface area contributed by atoms with E-state index in [9.17, 15) is 9.59 Å². The summed E-state index contributed by atoms with van der Waals surface area (Å²) in [6.45, 7) is 9.33. The molecule has 1 amide bonds. The minimum Gasteiger partial charge on any atom is -0.493 e. The topological polar surface area (TPSA) is 154 Å². The maximum atomic E-state index is 14.0. The van der Waals surface area contributed by atoms with Gasteiger partial charge in [0.25, 0.3) is 5.91 Å². The highest BCUT2D eigenvalue weighted by molar-refractivity contribution is 5.96. The van der Waals surface area contributed by atoms with Gasteiger partial charge in [0.2, 0.25) is 0 Å². The third-order valence-electron chi connectivity index (χ3n) is 7.14. The molecule has 0 aliphatic carbocycles. The molecular weight excluding hydrogens is 524 g/mol. The molecule has 2 aromatic heterocycles. The Morgan fingerprint density at radius 2 is 1.88 bits per heavy atom. The lowest BCUT2D eigenvalue weighted by Gasteiger charge is -2.25. The minimum absolute atomic E-state index is 0.00459. The summed E-state index contributed by atoms with van der Waals surface area (Å²) in [5, 5.41) is 12.6. The zero-order chi connectivity index (χ0) is 29.3. The SMILES string of the molecule is CCOc1cc2c(cc1OC)-c1cc(=Nc3c(C)cc(C)cc3C)n(CCNC(=O)c3n[nH]nc3N)c(=O)n1CC2. The number of amides is 1. The van der Waals surface area contributed by atoms with Crippen LogP contribution in [0, 0.1) is 20.8 Å². The van der Waals surface area contributed by atoms with Gasteiger partial charge in [-0.05, 0) is 62.9 Å². The number of aryl methyl sites for hydroxylation is 4. The number of nitrogen functional groups attached to an aromatic ring is 1. The Morgan fingerprint density at radius 3 is 2.54 bits per heavy atom. The molecule has 5 rings (SSSR count). The average molecular weight is 559 g/mol. The number of fused-ring (bicyclic) bond motifs is 3. The Morgan fingerprint density at radius 1 is 1.12 bits per heavy atom. The summed E-state index contributed by atoms with van der Waals surface area (Å²) in [4.78, 5) is 31.6. The number of hydrogen-bond donors (Lipinski definition) is 3. The largest absolute Gasteiger partial charge is 0.493 e. The molecule has 0 saturated heterocycles. The molecule has 0 bridgehead atoms. The number of rotatable bonds is 8. The standard InChI is InChI=1S/C29H34N8O4/c1-6-41-23-13-19-7-9-36-21(20(19)14-22(23)40-5)15-24(32-25-17(3)11-16(2)12-18(25)4)37(29(36)39)10-8-31-28(38)26-27(30)34-35-33-26/h11-15H,6-10H2,1-5H3,(H,31,38)(H3,30,33,34,35). The van der Waals surface area contributed by atoms with Crippen molar-refractivity contribution in [2.24, 2.45) is 4.99 Å². The summed E-state index contributed by atoms with van der Waals surface area (Å²) in [5.74, 6) is 0.799. The van der Waals surface area contributed by atoms with E-state index in [1.807, 2.05) is 45.9 Å². The third kappa shape index (κ3) is 5.32. The normalized spacial score (nSPS) is 12.6. The van der Waals surface area contributed by atoms with E-state index in [1.54, 1.807) is 16.2 Å². The second-order valence-corrected chi connectivity index (χ2v) is 9.99. The molecule has 1 aliphatic heterocycles. The van der Waals surface area contributed by atoms with Gasteiger partial charge >= 0.3 is 5.69 Å². The first-order chi connectivity index (χ1) is 19.7. The van der Waals surface area contributed by atoms with E-state index in [0.717, 1.165) is 39.2 Å². The molecule has 3 heterocycles. The smallest absolute Gasteiger partial charge is 0.330 e. The number of methoxy groups -OCH3 is 1. The van der Waals surface area contributed by atoms with Gasteiger partial charge < -0.3 is 20.5 Å². The Hall–Kier alpha value is -4.87. The Bertz CT molecular complexity index is 1740. The number of carbonyl (C=O) groups is 1. The predicted octanol–water partition coefficient (Wildman–Crippen LogP) is 2.57. The van der Waals surface area contributed by atoms with Gasteiger partial charge in [0.15, 0.2) is 23.0 Å². The van der Waals surface area contributed by atoms with Crippen molar-refractivity contribution >= 4 is 17.4 Å². The van der Waals surface area contributed by atoms with Crippen molar-refractivity contribution in [2.75, 3.05) is 26.0 Å². The number of aromatic nitrogens is 5. The quantitative estimate of drug-likeness (QED) is 0.300. The Balaban J connectivity index is 1.63. The summed E-state index contributed by atoms with van der Waals surface area (Å²) in [6.07, 6.45) is 0.654. The first kappa shape index (κ1) is 27.7. The summed E-state index contributed by atoms with van der Waals surface area (Å²) in [7, 11) is 1.60. The van der Waals surface area contributed by atoms with Crippen LogP contribution in [-0.4, -0.2) is 50.7 Å². The van der Waals surface area contributed by atoms with E-state index in [1.165, 1.54) is 0 Å². The lowest BCUT2D eigenvalue weighted by Crippen LogP contribution is -2.44. The number of nitrogens with one attached hydrogen (secondary N) is 2. The van der Waals surface area contributed by atoms with Crippen LogP contribution < -0.4 is 31.7 Å². The van der Waals surface area contributed by atoms with Gasteiger partial charge in [-0.15, -0.1) is 10.2 Å². The average Bonchev–Trinajstić information content (AvgIpc) is 3.37. The Labute approximate surface area is 236 Å². The molecule has 1 aliphatic rings. The van der Waals surface area contributed by atoms with Gasteiger partial charge in [0.05, 0.1) is 25.1 Å². The molecule has 12 heteroatoms. The predicted molar refractivity (Wildman–Crippen MR) is 155 cm³/mol. The molecule has 2 aromatic carbocycles. The molecule has 4 aromatic rings. The van der Waals surface area contributed by atoms with E-state index in [-0.39, 0.29) is 30.3 Å². The Kier molecular flexibility index (Phi) is 7.64. The summed E-state index contributed by atoms with van der Waals surface area (Å²) in [5.41, 5.74) is 12.6. The fourth-order valence-corrected chi connectivity index (χ4v) is 5.31. The van der Waals surface area contributed by atoms with E-state index in [4.69, 9.17) is 20.2 Å². The van der Waals surface area contributed by atoms with E-state index in [0.29, 0.717) is 36.6 Å². The highest BCUT2D eigenvalue weighted by atomic mass is 16.5. The highest BCUT2D eigenvalue weighted by Gasteiger charge is 2.23. The number of hydrogen-bond acceptors (Lipinski definition) is 8. The maximum absolute atomic E-state index is 14.0. The van der Waals surface area contributed by atoms with Crippen LogP contribution in [0.15, 0.2) is 40.1 Å². The van der Waals surface area contributed by atoms with Gasteiger partial charge in [-0.2, -0.15) is 5.21 Å². The minimum atomic E-state index is -0.482. The maximum Gasteiger partial charge on any atom is 0.330 e. The van der Waals surface area contributed by atoms with Crippen molar-refractivity contribution < 1.29 is 14.3 Å². The van der Waals surface area contributed by atoms with Crippen LogP contribution >= 0.6 is 0 Å². The van der Waals surface area contributed by atoms with Crippen molar-refractivity contribution in [3.63, 3.8) is 0 Å². The van der Waals surface area contributed by atoms with Crippen molar-refractivity contribution in [3.8, 4) is 22.8 Å². The van der Waals surface area contributed by atoms with Gasteiger partial charge in [0, 0.05) is 31.3 Å². The lowest BCUT2D eigenvalue weighted by atomic mass is 9.97. The molecule has 214 valence electrons. The van der Waals surface area contributed by atoms with E-state index >= 15 is 0 Å². The van der Waals surface area contributed by atoms with Crippen molar-refractivity contribution in [1.82, 2.24) is 29.9 Å². The van der Waals surface area contributed by atoms with Crippen LogP contribution in [0.4, 0.5) is 11.5 Å². The summed E-state index contributed by atoms with van der Waals surface area (Å²) in [6, 6.07) is 9.97.